The van der Waals surface area contributed by atoms with Gasteiger partial charge in [-0.3, -0.25) is 9.59 Å². The van der Waals surface area contributed by atoms with Gasteiger partial charge in [0.15, 0.2) is 0 Å². The van der Waals surface area contributed by atoms with Gasteiger partial charge in [0.25, 0.3) is 11.7 Å². The average Bonchev–Trinajstić information content (AvgIpc) is 3.48. The second-order valence-corrected chi connectivity index (χ2v) is 9.33. The van der Waals surface area contributed by atoms with Crippen LogP contribution in [0.3, 0.4) is 0 Å². The molecule has 2 aromatic rings. The molecule has 2 fully saturated rings. The van der Waals surface area contributed by atoms with Crippen molar-refractivity contribution in [2.24, 2.45) is 0 Å². The van der Waals surface area contributed by atoms with Gasteiger partial charge >= 0.3 is 0 Å². The molecule has 1 saturated carbocycles. The van der Waals surface area contributed by atoms with Gasteiger partial charge < -0.3 is 19.2 Å². The van der Waals surface area contributed by atoms with E-state index in [1.54, 1.807) is 36.3 Å². The van der Waals surface area contributed by atoms with Crippen LogP contribution in [0.15, 0.2) is 46.6 Å². The molecule has 0 spiro atoms. The molecule has 31 heavy (non-hydrogen) atoms. The van der Waals surface area contributed by atoms with Crippen LogP contribution in [0, 0.1) is 0 Å². The molecule has 1 aliphatic carbocycles. The number of hydrogen-bond donors (Lipinski definition) is 1. The molecule has 6 heteroatoms. The van der Waals surface area contributed by atoms with Crippen molar-refractivity contribution in [3.63, 3.8) is 0 Å². The number of hydrogen-bond acceptors (Lipinski definition) is 5. The Morgan fingerprint density at radius 3 is 2.45 bits per heavy atom. The van der Waals surface area contributed by atoms with Gasteiger partial charge in [0.05, 0.1) is 18.9 Å². The molecular weight excluding hydrogens is 394 g/mol. The lowest BCUT2D eigenvalue weighted by Gasteiger charge is -2.29. The molecule has 1 aromatic carbocycles. The van der Waals surface area contributed by atoms with Gasteiger partial charge in [0.1, 0.15) is 23.3 Å². The molecular formula is C25H29NO5. The minimum absolute atomic E-state index is 0.0298. The molecule has 1 aromatic heterocycles. The van der Waals surface area contributed by atoms with Crippen LogP contribution in [0.2, 0.25) is 0 Å². The van der Waals surface area contributed by atoms with Crippen molar-refractivity contribution in [2.45, 2.75) is 64.0 Å². The van der Waals surface area contributed by atoms with Crippen LogP contribution in [-0.4, -0.2) is 34.8 Å². The largest absolute Gasteiger partial charge is 0.507 e. The zero-order valence-electron chi connectivity index (χ0n) is 18.5. The normalized spacial score (nSPS) is 21.8. The third kappa shape index (κ3) is 3.64. The second kappa shape index (κ2) is 7.91. The van der Waals surface area contributed by atoms with Gasteiger partial charge in [-0.25, -0.2) is 0 Å². The summed E-state index contributed by atoms with van der Waals surface area (Å²) in [6, 6.07) is 8.05. The number of carbonyl (C=O) groups is 2. The van der Waals surface area contributed by atoms with Crippen molar-refractivity contribution in [2.75, 3.05) is 7.11 Å². The summed E-state index contributed by atoms with van der Waals surface area (Å²) in [6.07, 6.45) is 5.26. The zero-order chi connectivity index (χ0) is 22.3. The van der Waals surface area contributed by atoms with Gasteiger partial charge in [-0.15, -0.1) is 0 Å². The summed E-state index contributed by atoms with van der Waals surface area (Å²) in [5.74, 6) is -0.234. The van der Waals surface area contributed by atoms with E-state index < -0.39 is 17.7 Å². The minimum atomic E-state index is -0.724. The highest BCUT2D eigenvalue weighted by molar-refractivity contribution is 6.46. The SMILES string of the molecule is COc1ccc(/C(O)=C2/C(=O)C(=O)N(C3CCCC3)C2c2ccco2)cc1C(C)(C)C. The van der Waals surface area contributed by atoms with Gasteiger partial charge in [-0.2, -0.15) is 0 Å². The maximum atomic E-state index is 13.1. The molecule has 4 rings (SSSR count). The number of likely N-dealkylation sites (tertiary alicyclic amines) is 1. The van der Waals surface area contributed by atoms with Crippen LogP contribution in [0.25, 0.3) is 5.76 Å². The molecule has 6 nitrogen and oxygen atoms in total. The van der Waals surface area contributed by atoms with Crippen LogP contribution in [0.5, 0.6) is 5.75 Å². The first kappa shape index (κ1) is 21.2. The number of methoxy groups -OCH3 is 1. The lowest BCUT2D eigenvalue weighted by molar-refractivity contribution is -0.141. The summed E-state index contributed by atoms with van der Waals surface area (Å²) in [6.45, 7) is 6.16. The van der Waals surface area contributed by atoms with Crippen molar-refractivity contribution in [3.05, 3.63) is 59.1 Å². The van der Waals surface area contributed by atoms with Crippen molar-refractivity contribution in [3.8, 4) is 5.75 Å². The molecule has 164 valence electrons. The minimum Gasteiger partial charge on any atom is -0.507 e. The summed E-state index contributed by atoms with van der Waals surface area (Å²) >= 11 is 0. The first-order chi connectivity index (χ1) is 14.7. The molecule has 0 radical (unpaired) electrons. The average molecular weight is 424 g/mol. The van der Waals surface area contributed by atoms with E-state index >= 15 is 0 Å². The Kier molecular flexibility index (Phi) is 5.42. The lowest BCUT2D eigenvalue weighted by Crippen LogP contribution is -2.37. The maximum absolute atomic E-state index is 13.1. The first-order valence-corrected chi connectivity index (χ1v) is 10.8. The molecule has 1 atom stereocenters. The Bertz CT molecular complexity index is 1020. The predicted octanol–water partition coefficient (Wildman–Crippen LogP) is 4.95. The quantitative estimate of drug-likeness (QED) is 0.428. The number of aliphatic hydroxyl groups excluding tert-OH is 1. The number of aliphatic hydroxyl groups is 1. The van der Waals surface area contributed by atoms with E-state index in [0.29, 0.717) is 17.1 Å². The molecule has 1 N–H and O–H groups in total. The number of rotatable bonds is 4. The number of benzene rings is 1. The number of Topliss-reactive ketones (excluding diaryl/α,β-unsaturated/α-hetero) is 1. The fourth-order valence-electron chi connectivity index (χ4n) is 4.73. The van der Waals surface area contributed by atoms with Gasteiger partial charge in [-0.1, -0.05) is 33.6 Å². The molecule has 2 heterocycles. The Hall–Kier alpha value is -3.02. The van der Waals surface area contributed by atoms with E-state index in [4.69, 9.17) is 9.15 Å². The van der Waals surface area contributed by atoms with E-state index in [-0.39, 0.29) is 22.8 Å². The van der Waals surface area contributed by atoms with Crippen LogP contribution < -0.4 is 4.74 Å². The van der Waals surface area contributed by atoms with Gasteiger partial charge in [-0.05, 0) is 48.6 Å². The van der Waals surface area contributed by atoms with E-state index in [1.807, 2.05) is 6.07 Å². The van der Waals surface area contributed by atoms with Crippen LogP contribution in [0.1, 0.15) is 69.4 Å². The molecule has 2 aliphatic rings. The highest BCUT2D eigenvalue weighted by Gasteiger charge is 2.50. The molecule has 1 aliphatic heterocycles. The smallest absolute Gasteiger partial charge is 0.296 e. The Balaban J connectivity index is 1.87. The number of nitrogens with zero attached hydrogens (tertiary/aromatic N) is 1. The van der Waals surface area contributed by atoms with E-state index in [0.717, 1.165) is 31.2 Å². The van der Waals surface area contributed by atoms with Crippen molar-refractivity contribution >= 4 is 17.4 Å². The van der Waals surface area contributed by atoms with Crippen LogP contribution in [0.4, 0.5) is 0 Å². The van der Waals surface area contributed by atoms with Gasteiger partial charge in [0.2, 0.25) is 0 Å². The van der Waals surface area contributed by atoms with Crippen molar-refractivity contribution in [1.82, 2.24) is 4.90 Å². The third-order valence-electron chi connectivity index (χ3n) is 6.29. The highest BCUT2D eigenvalue weighted by Crippen LogP contribution is 2.44. The number of carbonyl (C=O) groups excluding carboxylic acids is 2. The molecule has 1 saturated heterocycles. The topological polar surface area (TPSA) is 80.0 Å². The summed E-state index contributed by atoms with van der Waals surface area (Å²) < 4.78 is 11.1. The number of furan rings is 1. The predicted molar refractivity (Wildman–Crippen MR) is 117 cm³/mol. The third-order valence-corrected chi connectivity index (χ3v) is 6.29. The molecule has 0 bridgehead atoms. The standard InChI is InChI=1S/C25H29NO5/c1-25(2,3)17-14-15(11-12-18(17)30-4)22(27)20-21(19-10-7-13-31-19)26(24(29)23(20)28)16-8-5-6-9-16/h7,10-14,16,21,27H,5-6,8-9H2,1-4H3/b22-20-. The van der Waals surface area contributed by atoms with Crippen molar-refractivity contribution < 1.29 is 23.8 Å². The number of ether oxygens (including phenoxy) is 1. The first-order valence-electron chi connectivity index (χ1n) is 10.8. The Morgan fingerprint density at radius 2 is 1.87 bits per heavy atom. The van der Waals surface area contributed by atoms with Gasteiger partial charge in [0, 0.05) is 17.2 Å². The lowest BCUT2D eigenvalue weighted by atomic mass is 9.84. The van der Waals surface area contributed by atoms with E-state index in [9.17, 15) is 14.7 Å². The van der Waals surface area contributed by atoms with Crippen LogP contribution in [-0.2, 0) is 15.0 Å². The van der Waals surface area contributed by atoms with E-state index in [2.05, 4.69) is 20.8 Å². The van der Waals surface area contributed by atoms with Crippen molar-refractivity contribution in [1.29, 1.82) is 0 Å². The number of amides is 1. The fraction of sp³-hybridized carbons (Fsp3) is 0.440. The monoisotopic (exact) mass is 423 g/mol. The summed E-state index contributed by atoms with van der Waals surface area (Å²) in [5.41, 5.74) is 1.22. The number of ketones is 1. The second-order valence-electron chi connectivity index (χ2n) is 9.33. The summed E-state index contributed by atoms with van der Waals surface area (Å²) in [4.78, 5) is 27.8. The van der Waals surface area contributed by atoms with Crippen LogP contribution >= 0.6 is 0 Å². The Labute approximate surface area is 182 Å². The summed E-state index contributed by atoms with van der Waals surface area (Å²) in [5, 5.41) is 11.3. The fourth-order valence-corrected chi connectivity index (χ4v) is 4.73. The Morgan fingerprint density at radius 1 is 1.16 bits per heavy atom. The highest BCUT2D eigenvalue weighted by atomic mass is 16.5. The van der Waals surface area contributed by atoms with E-state index in [1.165, 1.54) is 6.26 Å². The maximum Gasteiger partial charge on any atom is 0.296 e. The summed E-state index contributed by atoms with van der Waals surface area (Å²) in [7, 11) is 1.61. The molecule has 1 unspecified atom stereocenters. The zero-order valence-corrected chi connectivity index (χ0v) is 18.5. The molecule has 1 amide bonds.